The zero-order chi connectivity index (χ0) is 14.5. The van der Waals surface area contributed by atoms with Crippen LogP contribution in [0.25, 0.3) is 0 Å². The molecule has 0 saturated heterocycles. The van der Waals surface area contributed by atoms with E-state index < -0.39 is 0 Å². The van der Waals surface area contributed by atoms with Gasteiger partial charge in [-0.15, -0.1) is 0 Å². The molecule has 0 amide bonds. The van der Waals surface area contributed by atoms with Crippen molar-refractivity contribution in [3.05, 3.63) is 17.0 Å². The highest BCUT2D eigenvalue weighted by Crippen LogP contribution is 2.38. The molecule has 1 aromatic heterocycles. The molecule has 2 saturated carbocycles. The summed E-state index contributed by atoms with van der Waals surface area (Å²) in [7, 11) is 0. The summed E-state index contributed by atoms with van der Waals surface area (Å²) in [5.41, 5.74) is 0. The zero-order valence-corrected chi connectivity index (χ0v) is 13.2. The average molecular weight is 310 g/mol. The first-order valence-electron chi connectivity index (χ1n) is 8.21. The lowest BCUT2D eigenvalue weighted by molar-refractivity contribution is 0.0284. The molecule has 0 aliphatic heterocycles. The van der Waals surface area contributed by atoms with Gasteiger partial charge in [-0.2, -0.15) is 0 Å². The largest absolute Gasteiger partial charge is 0.378 e. The molecule has 1 heterocycles. The number of nitrogens with one attached hydrogen (secondary N) is 1. The molecule has 2 aliphatic rings. The minimum Gasteiger partial charge on any atom is -0.378 e. The molecular formula is C16H24ClN3O. The predicted molar refractivity (Wildman–Crippen MR) is 84.9 cm³/mol. The van der Waals surface area contributed by atoms with Gasteiger partial charge >= 0.3 is 0 Å². The minimum atomic E-state index is 0.494. The Labute approximate surface area is 131 Å². The van der Waals surface area contributed by atoms with E-state index in [0.717, 1.165) is 31.2 Å². The van der Waals surface area contributed by atoms with Crippen molar-refractivity contribution in [1.29, 1.82) is 0 Å². The first-order valence-corrected chi connectivity index (χ1v) is 8.59. The Morgan fingerprint density at radius 3 is 2.71 bits per heavy atom. The summed E-state index contributed by atoms with van der Waals surface area (Å²) in [5, 5.41) is 3.87. The second-order valence-electron chi connectivity index (χ2n) is 6.12. The quantitative estimate of drug-likeness (QED) is 0.607. The summed E-state index contributed by atoms with van der Waals surface area (Å²) in [5.74, 6) is 2.26. The van der Waals surface area contributed by atoms with Crippen LogP contribution in [0.5, 0.6) is 0 Å². The van der Waals surface area contributed by atoms with Crippen molar-refractivity contribution in [2.45, 2.75) is 63.4 Å². The first-order chi connectivity index (χ1) is 10.3. The summed E-state index contributed by atoms with van der Waals surface area (Å²) in [6.45, 7) is 1.69. The highest BCUT2D eigenvalue weighted by molar-refractivity contribution is 6.29. The summed E-state index contributed by atoms with van der Waals surface area (Å²) in [6.07, 6.45) is 10.4. The van der Waals surface area contributed by atoms with Crippen LogP contribution in [-0.2, 0) is 4.74 Å². The third-order valence-corrected chi connectivity index (χ3v) is 4.38. The molecule has 0 bridgehead atoms. The summed E-state index contributed by atoms with van der Waals surface area (Å²) >= 11 is 6.05. The maximum Gasteiger partial charge on any atom is 0.135 e. The van der Waals surface area contributed by atoms with E-state index >= 15 is 0 Å². The van der Waals surface area contributed by atoms with Crippen molar-refractivity contribution in [3.8, 4) is 0 Å². The van der Waals surface area contributed by atoms with E-state index in [0.29, 0.717) is 17.2 Å². The number of ether oxygens (including phenoxy) is 1. The molecule has 1 aromatic rings. The highest BCUT2D eigenvalue weighted by atomic mass is 35.5. The molecule has 21 heavy (non-hydrogen) atoms. The third kappa shape index (κ3) is 4.82. The van der Waals surface area contributed by atoms with Crippen LogP contribution in [0.3, 0.4) is 0 Å². The van der Waals surface area contributed by atoms with Crippen LogP contribution >= 0.6 is 11.6 Å². The molecule has 5 heteroatoms. The average Bonchev–Trinajstić information content (AvgIpc) is 3.32. The zero-order valence-electron chi connectivity index (χ0n) is 12.5. The van der Waals surface area contributed by atoms with Gasteiger partial charge < -0.3 is 10.1 Å². The van der Waals surface area contributed by atoms with E-state index in [4.69, 9.17) is 16.3 Å². The van der Waals surface area contributed by atoms with Crippen LogP contribution in [0.1, 0.15) is 63.1 Å². The van der Waals surface area contributed by atoms with Crippen molar-refractivity contribution in [2.75, 3.05) is 18.5 Å². The van der Waals surface area contributed by atoms with E-state index in [2.05, 4.69) is 15.3 Å². The summed E-state index contributed by atoms with van der Waals surface area (Å²) < 4.78 is 5.92. The highest BCUT2D eigenvalue weighted by Gasteiger charge is 2.27. The fourth-order valence-electron chi connectivity index (χ4n) is 2.82. The lowest BCUT2D eigenvalue weighted by Gasteiger charge is -2.21. The molecule has 3 rings (SSSR count). The molecule has 4 nitrogen and oxygen atoms in total. The molecule has 0 atom stereocenters. The summed E-state index contributed by atoms with van der Waals surface area (Å²) in [6, 6.07) is 1.80. The number of aromatic nitrogens is 2. The monoisotopic (exact) mass is 309 g/mol. The molecule has 0 radical (unpaired) electrons. The Bertz CT molecular complexity index is 459. The van der Waals surface area contributed by atoms with Gasteiger partial charge in [0.15, 0.2) is 0 Å². The van der Waals surface area contributed by atoms with Gasteiger partial charge in [0.05, 0.1) is 6.10 Å². The fraction of sp³-hybridized carbons (Fsp3) is 0.750. The normalized spacial score (nSPS) is 19.7. The van der Waals surface area contributed by atoms with Crippen LogP contribution in [0.15, 0.2) is 6.07 Å². The molecule has 0 aromatic carbocycles. The first kappa shape index (κ1) is 15.0. The molecule has 0 unspecified atom stereocenters. The topological polar surface area (TPSA) is 47.0 Å². The lowest BCUT2D eigenvalue weighted by Crippen LogP contribution is -2.18. The van der Waals surface area contributed by atoms with Crippen LogP contribution in [0.2, 0.25) is 5.15 Å². The Morgan fingerprint density at radius 1 is 1.14 bits per heavy atom. The standard InChI is InChI=1S/C16H24ClN3O/c17-14-11-15(20-16(19-14)12-7-8-12)18-9-4-10-21-13-5-2-1-3-6-13/h11-13H,1-10H2,(H,18,19,20). The van der Waals surface area contributed by atoms with E-state index in [9.17, 15) is 0 Å². The SMILES string of the molecule is Clc1cc(NCCCOC2CCCCC2)nc(C2CC2)n1. The Balaban J connectivity index is 1.36. The van der Waals surface area contributed by atoms with E-state index in [1.165, 1.54) is 44.9 Å². The van der Waals surface area contributed by atoms with Crippen LogP contribution in [0.4, 0.5) is 5.82 Å². The maximum absolute atomic E-state index is 6.05. The molecule has 2 fully saturated rings. The van der Waals surface area contributed by atoms with Crippen LogP contribution < -0.4 is 5.32 Å². The van der Waals surface area contributed by atoms with Crippen molar-refractivity contribution in [1.82, 2.24) is 9.97 Å². The second kappa shape index (κ2) is 7.41. The molecular weight excluding hydrogens is 286 g/mol. The molecule has 0 spiro atoms. The van der Waals surface area contributed by atoms with Gasteiger partial charge in [-0.3, -0.25) is 0 Å². The van der Waals surface area contributed by atoms with E-state index in [1.807, 2.05) is 0 Å². The van der Waals surface area contributed by atoms with Gasteiger partial charge in [0.25, 0.3) is 0 Å². The number of nitrogens with zero attached hydrogens (tertiary/aromatic N) is 2. The van der Waals surface area contributed by atoms with Crippen LogP contribution in [-0.4, -0.2) is 29.2 Å². The Kier molecular flexibility index (Phi) is 5.31. The maximum atomic E-state index is 6.05. The minimum absolute atomic E-state index is 0.494. The van der Waals surface area contributed by atoms with Crippen LogP contribution in [0, 0.1) is 0 Å². The number of anilines is 1. The summed E-state index contributed by atoms with van der Waals surface area (Å²) in [4.78, 5) is 8.83. The van der Waals surface area contributed by atoms with Gasteiger partial charge in [0.1, 0.15) is 16.8 Å². The third-order valence-electron chi connectivity index (χ3n) is 4.19. The van der Waals surface area contributed by atoms with Gasteiger partial charge in [-0.25, -0.2) is 9.97 Å². The van der Waals surface area contributed by atoms with Gasteiger partial charge in [-0.1, -0.05) is 30.9 Å². The van der Waals surface area contributed by atoms with Gasteiger partial charge in [-0.05, 0) is 32.1 Å². The molecule has 2 aliphatic carbocycles. The van der Waals surface area contributed by atoms with E-state index in [-0.39, 0.29) is 0 Å². The number of hydrogen-bond donors (Lipinski definition) is 1. The molecule has 1 N–H and O–H groups in total. The number of halogens is 1. The van der Waals surface area contributed by atoms with E-state index in [1.54, 1.807) is 6.07 Å². The lowest BCUT2D eigenvalue weighted by atomic mass is 9.98. The van der Waals surface area contributed by atoms with Crippen molar-refractivity contribution < 1.29 is 4.74 Å². The van der Waals surface area contributed by atoms with Gasteiger partial charge in [0, 0.05) is 25.1 Å². The van der Waals surface area contributed by atoms with Crippen molar-refractivity contribution >= 4 is 17.4 Å². The second-order valence-corrected chi connectivity index (χ2v) is 6.51. The predicted octanol–water partition coefficient (Wildman–Crippen LogP) is 4.16. The number of hydrogen-bond acceptors (Lipinski definition) is 4. The Morgan fingerprint density at radius 2 is 1.95 bits per heavy atom. The fourth-order valence-corrected chi connectivity index (χ4v) is 3.01. The number of rotatable bonds is 7. The van der Waals surface area contributed by atoms with Crippen molar-refractivity contribution in [2.24, 2.45) is 0 Å². The van der Waals surface area contributed by atoms with Gasteiger partial charge in [0.2, 0.25) is 0 Å². The molecule has 116 valence electrons. The smallest absolute Gasteiger partial charge is 0.135 e. The Hall–Kier alpha value is -0.870. The van der Waals surface area contributed by atoms with Crippen molar-refractivity contribution in [3.63, 3.8) is 0 Å².